The zero-order chi connectivity index (χ0) is 15.4. The van der Waals surface area contributed by atoms with Crippen molar-refractivity contribution in [3.8, 4) is 0 Å². The van der Waals surface area contributed by atoms with E-state index in [0.29, 0.717) is 0 Å². The van der Waals surface area contributed by atoms with E-state index in [1.165, 1.54) is 6.26 Å². The summed E-state index contributed by atoms with van der Waals surface area (Å²) >= 11 is 0. The van der Waals surface area contributed by atoms with Crippen LogP contribution in [0.4, 0.5) is 11.4 Å². The monoisotopic (exact) mass is 288 g/mol. The lowest BCUT2D eigenvalue weighted by molar-refractivity contribution is 0.0436. The van der Waals surface area contributed by atoms with Gasteiger partial charge in [0, 0.05) is 39.6 Å². The van der Waals surface area contributed by atoms with Crippen molar-refractivity contribution in [2.75, 3.05) is 38.0 Å². The lowest BCUT2D eigenvalue weighted by Gasteiger charge is -2.19. The van der Waals surface area contributed by atoms with E-state index >= 15 is 0 Å². The molecule has 0 spiro atoms. The molecule has 0 unspecified atom stereocenters. The first kappa shape index (κ1) is 15.0. The molecule has 1 heterocycles. The van der Waals surface area contributed by atoms with Crippen molar-refractivity contribution in [2.24, 2.45) is 0 Å². The van der Waals surface area contributed by atoms with Crippen LogP contribution >= 0.6 is 0 Å². The van der Waals surface area contributed by atoms with Crippen molar-refractivity contribution in [2.45, 2.75) is 6.61 Å². The van der Waals surface area contributed by atoms with Crippen LogP contribution in [0.25, 0.3) is 0 Å². The maximum atomic E-state index is 11.8. The van der Waals surface area contributed by atoms with E-state index in [-0.39, 0.29) is 12.4 Å². The second kappa shape index (κ2) is 6.35. The molecule has 0 N–H and O–H groups in total. The van der Waals surface area contributed by atoms with Crippen LogP contribution in [0.15, 0.2) is 41.0 Å². The Morgan fingerprint density at radius 1 is 1.10 bits per heavy atom. The largest absolute Gasteiger partial charge is 0.457 e. The quantitative estimate of drug-likeness (QED) is 0.792. The van der Waals surface area contributed by atoms with Gasteiger partial charge in [0.25, 0.3) is 0 Å². The summed E-state index contributed by atoms with van der Waals surface area (Å²) in [6, 6.07) is 9.33. The first-order valence-corrected chi connectivity index (χ1v) is 6.66. The van der Waals surface area contributed by atoms with E-state index in [0.717, 1.165) is 16.9 Å². The molecule has 0 saturated heterocycles. The molecule has 0 saturated carbocycles. The number of nitrogens with zero attached hydrogens (tertiary/aromatic N) is 2. The summed E-state index contributed by atoms with van der Waals surface area (Å²) in [5.41, 5.74) is 3.06. The normalized spacial score (nSPS) is 10.3. The number of esters is 1. The summed E-state index contributed by atoms with van der Waals surface area (Å²) in [6.07, 6.45) is 1.45. The van der Waals surface area contributed by atoms with Gasteiger partial charge < -0.3 is 19.0 Å². The molecule has 0 bridgehead atoms. The highest BCUT2D eigenvalue weighted by Gasteiger charge is 2.11. The molecule has 0 aliphatic heterocycles. The molecular formula is C16H20N2O3. The van der Waals surface area contributed by atoms with Crippen molar-refractivity contribution in [1.29, 1.82) is 0 Å². The van der Waals surface area contributed by atoms with E-state index < -0.39 is 5.97 Å². The number of furan rings is 1. The van der Waals surface area contributed by atoms with Gasteiger partial charge in [0.1, 0.15) is 6.61 Å². The van der Waals surface area contributed by atoms with Gasteiger partial charge in [0.2, 0.25) is 5.76 Å². The Morgan fingerprint density at radius 2 is 1.71 bits per heavy atom. The van der Waals surface area contributed by atoms with Gasteiger partial charge in [-0.3, -0.25) is 0 Å². The highest BCUT2D eigenvalue weighted by molar-refractivity contribution is 5.86. The summed E-state index contributed by atoms with van der Waals surface area (Å²) in [6.45, 7) is 0.210. The number of hydrogen-bond acceptors (Lipinski definition) is 5. The molecule has 0 fully saturated rings. The van der Waals surface area contributed by atoms with Gasteiger partial charge in [0.15, 0.2) is 0 Å². The van der Waals surface area contributed by atoms with E-state index in [9.17, 15) is 4.79 Å². The summed E-state index contributed by atoms with van der Waals surface area (Å²) in [5, 5.41) is 0. The molecule has 1 aromatic heterocycles. The number of anilines is 2. The molecule has 21 heavy (non-hydrogen) atoms. The zero-order valence-corrected chi connectivity index (χ0v) is 12.8. The van der Waals surface area contributed by atoms with Crippen LogP contribution in [0.1, 0.15) is 16.1 Å². The maximum absolute atomic E-state index is 11.8. The van der Waals surface area contributed by atoms with Crippen molar-refractivity contribution < 1.29 is 13.9 Å². The van der Waals surface area contributed by atoms with Gasteiger partial charge in [0.05, 0.1) is 6.26 Å². The fourth-order valence-corrected chi connectivity index (χ4v) is 1.87. The van der Waals surface area contributed by atoms with Gasteiger partial charge in [-0.25, -0.2) is 4.79 Å². The first-order valence-electron chi connectivity index (χ1n) is 6.66. The third-order valence-corrected chi connectivity index (χ3v) is 3.09. The standard InChI is InChI=1S/C16H20N2O3/c1-17(2)13-8-12(9-14(10-13)18(3)4)11-21-16(19)15-6-5-7-20-15/h5-10H,11H2,1-4H3. The Morgan fingerprint density at radius 3 is 2.19 bits per heavy atom. The number of carbonyl (C=O) groups excluding carboxylic acids is 1. The first-order chi connectivity index (χ1) is 9.97. The van der Waals surface area contributed by atoms with E-state index in [1.807, 2.05) is 50.1 Å². The van der Waals surface area contributed by atoms with Crippen LogP contribution in [0.3, 0.4) is 0 Å². The smallest absolute Gasteiger partial charge is 0.374 e. The van der Waals surface area contributed by atoms with Crippen LogP contribution < -0.4 is 9.80 Å². The predicted molar refractivity (Wildman–Crippen MR) is 82.9 cm³/mol. The number of hydrogen-bond donors (Lipinski definition) is 0. The zero-order valence-electron chi connectivity index (χ0n) is 12.8. The third-order valence-electron chi connectivity index (χ3n) is 3.09. The molecule has 0 amide bonds. The Bertz CT molecular complexity index is 578. The Hall–Kier alpha value is -2.43. The van der Waals surface area contributed by atoms with Gasteiger partial charge in [-0.1, -0.05) is 0 Å². The van der Waals surface area contributed by atoms with Crippen LogP contribution in [0.2, 0.25) is 0 Å². The minimum absolute atomic E-state index is 0.210. The van der Waals surface area contributed by atoms with Gasteiger partial charge in [-0.05, 0) is 35.9 Å². The van der Waals surface area contributed by atoms with E-state index in [1.54, 1.807) is 12.1 Å². The molecule has 2 aromatic rings. The number of ether oxygens (including phenoxy) is 1. The molecule has 0 aliphatic carbocycles. The number of rotatable bonds is 5. The summed E-state index contributed by atoms with van der Waals surface area (Å²) in [5.74, 6) is -0.242. The SMILES string of the molecule is CN(C)c1cc(COC(=O)c2ccco2)cc(N(C)C)c1. The van der Waals surface area contributed by atoms with Gasteiger partial charge >= 0.3 is 5.97 Å². The Kier molecular flexibility index (Phi) is 4.52. The fourth-order valence-electron chi connectivity index (χ4n) is 1.87. The molecule has 2 rings (SSSR count). The van der Waals surface area contributed by atoms with Crippen LogP contribution in [-0.2, 0) is 11.3 Å². The summed E-state index contributed by atoms with van der Waals surface area (Å²) in [4.78, 5) is 15.8. The molecule has 1 aromatic carbocycles. The molecular weight excluding hydrogens is 268 g/mol. The maximum Gasteiger partial charge on any atom is 0.374 e. The molecule has 0 aliphatic rings. The highest BCUT2D eigenvalue weighted by Crippen LogP contribution is 2.23. The Balaban J connectivity index is 2.13. The topological polar surface area (TPSA) is 45.9 Å². The molecule has 0 atom stereocenters. The number of benzene rings is 1. The predicted octanol–water partition coefficient (Wildman–Crippen LogP) is 2.77. The van der Waals surface area contributed by atoms with Gasteiger partial charge in [-0.2, -0.15) is 0 Å². The third kappa shape index (κ3) is 3.78. The molecule has 5 heteroatoms. The highest BCUT2D eigenvalue weighted by atomic mass is 16.5. The summed E-state index contributed by atoms with van der Waals surface area (Å²) in [7, 11) is 7.92. The molecule has 5 nitrogen and oxygen atoms in total. The average molecular weight is 288 g/mol. The van der Waals surface area contributed by atoms with Crippen molar-refractivity contribution in [3.63, 3.8) is 0 Å². The fraction of sp³-hybridized carbons (Fsp3) is 0.312. The van der Waals surface area contributed by atoms with Crippen LogP contribution in [0.5, 0.6) is 0 Å². The molecule has 0 radical (unpaired) electrons. The van der Waals surface area contributed by atoms with Crippen LogP contribution in [0, 0.1) is 0 Å². The second-order valence-corrected chi connectivity index (χ2v) is 5.20. The van der Waals surface area contributed by atoms with Crippen LogP contribution in [-0.4, -0.2) is 34.2 Å². The van der Waals surface area contributed by atoms with Gasteiger partial charge in [-0.15, -0.1) is 0 Å². The number of carbonyl (C=O) groups is 1. The average Bonchev–Trinajstić information content (AvgIpc) is 2.98. The van der Waals surface area contributed by atoms with Crippen molar-refractivity contribution >= 4 is 17.3 Å². The van der Waals surface area contributed by atoms with E-state index in [2.05, 4.69) is 6.07 Å². The van der Waals surface area contributed by atoms with Crippen molar-refractivity contribution in [1.82, 2.24) is 0 Å². The van der Waals surface area contributed by atoms with Crippen molar-refractivity contribution in [3.05, 3.63) is 47.9 Å². The second-order valence-electron chi connectivity index (χ2n) is 5.20. The van der Waals surface area contributed by atoms with E-state index in [4.69, 9.17) is 9.15 Å². The lowest BCUT2D eigenvalue weighted by atomic mass is 10.1. The Labute approximate surface area is 124 Å². The summed E-state index contributed by atoms with van der Waals surface area (Å²) < 4.78 is 10.3. The minimum Gasteiger partial charge on any atom is -0.457 e. The minimum atomic E-state index is -0.457. The molecule has 112 valence electrons. The lowest BCUT2D eigenvalue weighted by Crippen LogP contribution is -2.14.